The number of nitrogens with zero attached hydrogens (tertiary/aromatic N) is 5. The maximum absolute atomic E-state index is 12.6. The number of hydrogen-bond donors (Lipinski definition) is 0. The lowest BCUT2D eigenvalue weighted by atomic mass is 10.3. The number of aromatic nitrogens is 2. The van der Waals surface area contributed by atoms with Gasteiger partial charge in [-0.05, 0) is 31.4 Å². The molecule has 0 unspecified atom stereocenters. The highest BCUT2D eigenvalue weighted by molar-refractivity contribution is 5.92. The summed E-state index contributed by atoms with van der Waals surface area (Å²) in [4.78, 5) is 18.9. The average Bonchev–Trinajstić information content (AvgIpc) is 3.02. The molecule has 6 nitrogen and oxygen atoms in total. The van der Waals surface area contributed by atoms with Gasteiger partial charge in [-0.15, -0.1) is 16.6 Å². The Balaban J connectivity index is 1.62. The molecule has 0 N–H and O–H groups in total. The first kappa shape index (κ1) is 15.8. The Morgan fingerprint density at radius 3 is 2.57 bits per heavy atom. The van der Waals surface area contributed by atoms with Crippen LogP contribution in [0.3, 0.4) is 0 Å². The fourth-order valence-corrected chi connectivity index (χ4v) is 3.18. The van der Waals surface area contributed by atoms with E-state index in [1.54, 1.807) is 6.07 Å². The molecule has 2 aliphatic rings. The van der Waals surface area contributed by atoms with Crippen molar-refractivity contribution in [3.63, 3.8) is 0 Å². The molecule has 6 heteroatoms. The van der Waals surface area contributed by atoms with Crippen LogP contribution in [0.25, 0.3) is 0 Å². The van der Waals surface area contributed by atoms with Gasteiger partial charge < -0.3 is 9.80 Å². The molecule has 0 aromatic carbocycles. The largest absolute Gasteiger partial charge is 0.355 e. The number of hydrogen-bond acceptors (Lipinski definition) is 5. The van der Waals surface area contributed by atoms with E-state index in [1.807, 2.05) is 11.0 Å². The topological polar surface area (TPSA) is 52.6 Å². The summed E-state index contributed by atoms with van der Waals surface area (Å²) in [5, 5.41) is 8.39. The van der Waals surface area contributed by atoms with Crippen LogP contribution in [0.1, 0.15) is 29.8 Å². The highest BCUT2D eigenvalue weighted by Crippen LogP contribution is 2.17. The van der Waals surface area contributed by atoms with E-state index in [2.05, 4.69) is 25.9 Å². The van der Waals surface area contributed by atoms with Crippen molar-refractivity contribution >= 4 is 11.7 Å². The number of carbonyl (C=O) groups excluding carboxylic acids is 1. The quantitative estimate of drug-likeness (QED) is 0.775. The van der Waals surface area contributed by atoms with Gasteiger partial charge in [0.2, 0.25) is 0 Å². The number of anilines is 1. The Morgan fingerprint density at radius 2 is 1.87 bits per heavy atom. The van der Waals surface area contributed by atoms with Crippen molar-refractivity contribution in [1.82, 2.24) is 20.0 Å². The molecule has 0 atom stereocenters. The van der Waals surface area contributed by atoms with Gasteiger partial charge in [-0.1, -0.05) is 5.92 Å². The van der Waals surface area contributed by atoms with Crippen LogP contribution in [0.5, 0.6) is 0 Å². The summed E-state index contributed by atoms with van der Waals surface area (Å²) in [6.07, 6.45) is 8.70. The molecule has 2 fully saturated rings. The summed E-state index contributed by atoms with van der Waals surface area (Å²) < 4.78 is 0. The Morgan fingerprint density at radius 1 is 1.04 bits per heavy atom. The van der Waals surface area contributed by atoms with Gasteiger partial charge in [-0.3, -0.25) is 9.69 Å². The molecule has 0 radical (unpaired) electrons. The molecule has 3 heterocycles. The summed E-state index contributed by atoms with van der Waals surface area (Å²) >= 11 is 0. The van der Waals surface area contributed by atoms with Gasteiger partial charge in [0.05, 0.1) is 6.54 Å². The lowest BCUT2D eigenvalue weighted by molar-refractivity contribution is 0.0755. The monoisotopic (exact) mass is 313 g/mol. The Bertz CT molecular complexity index is 574. The van der Waals surface area contributed by atoms with Gasteiger partial charge in [0, 0.05) is 39.3 Å². The van der Waals surface area contributed by atoms with Crippen LogP contribution in [-0.4, -0.2) is 71.7 Å². The summed E-state index contributed by atoms with van der Waals surface area (Å²) in [7, 11) is 0. The van der Waals surface area contributed by atoms with E-state index in [-0.39, 0.29) is 5.91 Å². The standard InChI is InChI=1S/C17H23N5O/c1-2-8-20-9-5-12-22(14-13-20)17(23)15-6-7-16(19-18-15)21-10-3-4-11-21/h1,6-7H,3-5,8-14H2. The summed E-state index contributed by atoms with van der Waals surface area (Å²) in [6, 6.07) is 3.71. The summed E-state index contributed by atoms with van der Waals surface area (Å²) in [5.74, 6) is 3.51. The third-order valence-electron chi connectivity index (χ3n) is 4.49. The predicted octanol–water partition coefficient (Wildman–Crippen LogP) is 0.858. The van der Waals surface area contributed by atoms with Crippen LogP contribution in [0, 0.1) is 12.3 Å². The Hall–Kier alpha value is -2.13. The minimum absolute atomic E-state index is 0.0342. The van der Waals surface area contributed by atoms with Gasteiger partial charge >= 0.3 is 0 Å². The number of carbonyl (C=O) groups is 1. The summed E-state index contributed by atoms with van der Waals surface area (Å²) in [5.41, 5.74) is 0.429. The zero-order valence-electron chi connectivity index (χ0n) is 13.4. The molecule has 1 aromatic rings. The van der Waals surface area contributed by atoms with Gasteiger partial charge in [-0.25, -0.2) is 0 Å². The highest BCUT2D eigenvalue weighted by atomic mass is 16.2. The second-order valence-electron chi connectivity index (χ2n) is 6.10. The van der Waals surface area contributed by atoms with Crippen LogP contribution >= 0.6 is 0 Å². The molecule has 1 aromatic heterocycles. The van der Waals surface area contributed by atoms with E-state index in [0.717, 1.165) is 45.0 Å². The van der Waals surface area contributed by atoms with E-state index >= 15 is 0 Å². The third kappa shape index (κ3) is 3.80. The van der Waals surface area contributed by atoms with Crippen molar-refractivity contribution in [2.24, 2.45) is 0 Å². The van der Waals surface area contributed by atoms with Crippen LogP contribution in [0.4, 0.5) is 5.82 Å². The van der Waals surface area contributed by atoms with Gasteiger partial charge in [-0.2, -0.15) is 0 Å². The van der Waals surface area contributed by atoms with Gasteiger partial charge in [0.15, 0.2) is 11.5 Å². The smallest absolute Gasteiger partial charge is 0.274 e. The maximum atomic E-state index is 12.6. The Kier molecular flexibility index (Phi) is 5.09. The minimum atomic E-state index is -0.0342. The first-order valence-electron chi connectivity index (χ1n) is 8.32. The molecular formula is C17H23N5O. The van der Waals surface area contributed by atoms with Crippen LogP contribution < -0.4 is 4.90 Å². The molecule has 3 rings (SSSR count). The first-order chi connectivity index (χ1) is 11.3. The van der Waals surface area contributed by atoms with Crippen molar-refractivity contribution in [2.45, 2.75) is 19.3 Å². The lowest BCUT2D eigenvalue weighted by Crippen LogP contribution is -2.36. The lowest BCUT2D eigenvalue weighted by Gasteiger charge is -2.21. The zero-order chi connectivity index (χ0) is 16.1. The van der Waals surface area contributed by atoms with Crippen LogP contribution in [0.2, 0.25) is 0 Å². The molecule has 122 valence electrons. The fraction of sp³-hybridized carbons (Fsp3) is 0.588. The molecule has 2 saturated heterocycles. The number of terminal acetylenes is 1. The predicted molar refractivity (Wildman–Crippen MR) is 89.3 cm³/mol. The maximum Gasteiger partial charge on any atom is 0.274 e. The fourth-order valence-electron chi connectivity index (χ4n) is 3.18. The third-order valence-corrected chi connectivity index (χ3v) is 4.49. The van der Waals surface area contributed by atoms with Gasteiger partial charge in [0.25, 0.3) is 5.91 Å². The SMILES string of the molecule is C#CCN1CCCN(C(=O)c2ccc(N3CCCC3)nn2)CC1. The zero-order valence-corrected chi connectivity index (χ0v) is 13.4. The average molecular weight is 313 g/mol. The van der Waals surface area contributed by atoms with Gasteiger partial charge in [0.1, 0.15) is 0 Å². The van der Waals surface area contributed by atoms with Crippen molar-refractivity contribution in [3.05, 3.63) is 17.8 Å². The van der Waals surface area contributed by atoms with E-state index in [4.69, 9.17) is 6.42 Å². The molecular weight excluding hydrogens is 290 g/mol. The molecule has 23 heavy (non-hydrogen) atoms. The summed E-state index contributed by atoms with van der Waals surface area (Å²) in [6.45, 7) is 5.89. The molecule has 0 saturated carbocycles. The first-order valence-corrected chi connectivity index (χ1v) is 8.32. The van der Waals surface area contributed by atoms with E-state index in [0.29, 0.717) is 18.8 Å². The van der Waals surface area contributed by atoms with Crippen molar-refractivity contribution in [2.75, 3.05) is 50.7 Å². The highest BCUT2D eigenvalue weighted by Gasteiger charge is 2.22. The van der Waals surface area contributed by atoms with Crippen molar-refractivity contribution < 1.29 is 4.79 Å². The second-order valence-corrected chi connectivity index (χ2v) is 6.10. The van der Waals surface area contributed by atoms with Crippen LogP contribution in [0.15, 0.2) is 12.1 Å². The van der Waals surface area contributed by atoms with Crippen LogP contribution in [-0.2, 0) is 0 Å². The number of amides is 1. The number of rotatable bonds is 3. The molecule has 1 amide bonds. The molecule has 0 aliphatic carbocycles. The molecule has 2 aliphatic heterocycles. The van der Waals surface area contributed by atoms with E-state index in [9.17, 15) is 4.79 Å². The van der Waals surface area contributed by atoms with Crippen molar-refractivity contribution in [1.29, 1.82) is 0 Å². The normalized spacial score (nSPS) is 19.4. The second kappa shape index (κ2) is 7.42. The van der Waals surface area contributed by atoms with E-state index < -0.39 is 0 Å². The van der Waals surface area contributed by atoms with E-state index in [1.165, 1.54) is 12.8 Å². The van der Waals surface area contributed by atoms with Crippen molar-refractivity contribution in [3.8, 4) is 12.3 Å². The Labute approximate surface area is 137 Å². The molecule has 0 spiro atoms. The molecule has 0 bridgehead atoms. The minimum Gasteiger partial charge on any atom is -0.355 e.